The van der Waals surface area contributed by atoms with Crippen molar-refractivity contribution >= 4 is 27.2 Å². The van der Waals surface area contributed by atoms with Gasteiger partial charge < -0.3 is 10.8 Å². The molecule has 0 radical (unpaired) electrons. The summed E-state index contributed by atoms with van der Waals surface area (Å²) in [5, 5.41) is 14.0. The van der Waals surface area contributed by atoms with Crippen LogP contribution in [0, 0.1) is 6.92 Å². The van der Waals surface area contributed by atoms with Crippen LogP contribution in [0.2, 0.25) is 0 Å². The first-order chi connectivity index (χ1) is 24.3. The van der Waals surface area contributed by atoms with E-state index in [1.807, 2.05) is 0 Å². The average Bonchev–Trinajstić information content (AvgIpc) is 3.37. The highest BCUT2D eigenvalue weighted by molar-refractivity contribution is 6.23. The lowest BCUT2D eigenvalue weighted by Crippen LogP contribution is -2.14. The van der Waals surface area contributed by atoms with E-state index >= 15 is 0 Å². The van der Waals surface area contributed by atoms with Crippen molar-refractivity contribution in [2.24, 2.45) is 0 Å². The molecule has 0 fully saturated rings. The summed E-state index contributed by atoms with van der Waals surface area (Å²) in [4.78, 5) is 0. The van der Waals surface area contributed by atoms with Gasteiger partial charge in [-0.15, -0.1) is 0 Å². The van der Waals surface area contributed by atoms with Gasteiger partial charge >= 0.3 is 0 Å². The Hall–Kier alpha value is -6.12. The quantitative estimate of drug-likeness (QED) is 0.114. The van der Waals surface area contributed by atoms with Gasteiger partial charge in [0.1, 0.15) is 5.75 Å². The van der Waals surface area contributed by atoms with Crippen LogP contribution in [0.3, 0.4) is 0 Å². The van der Waals surface area contributed by atoms with E-state index in [2.05, 4.69) is 160 Å². The predicted molar refractivity (Wildman–Crippen MR) is 213 cm³/mol. The number of nitrogens with two attached hydrogens (primary N) is 1. The highest BCUT2D eigenvalue weighted by Crippen LogP contribution is 2.53. The van der Waals surface area contributed by atoms with E-state index in [0.29, 0.717) is 5.69 Å². The normalized spacial score (nSPS) is 12.6. The summed E-state index contributed by atoms with van der Waals surface area (Å²) in [5.41, 5.74) is 20.1. The Balaban J connectivity index is 0.000000400. The minimum atomic E-state index is -0.0774. The molecule has 0 aliphatic heterocycles. The summed E-state index contributed by atoms with van der Waals surface area (Å²) in [6.07, 6.45) is 0. The van der Waals surface area contributed by atoms with E-state index in [-0.39, 0.29) is 11.2 Å². The Kier molecular flexibility index (Phi) is 7.73. The van der Waals surface area contributed by atoms with Crippen LogP contribution in [0.5, 0.6) is 5.75 Å². The molecule has 0 aromatic heterocycles. The molecule has 50 heavy (non-hydrogen) atoms. The first-order valence-electron chi connectivity index (χ1n) is 17.2. The fourth-order valence-electron chi connectivity index (χ4n) is 7.75. The molecule has 1 aliphatic rings. The largest absolute Gasteiger partial charge is 0.506 e. The zero-order valence-electron chi connectivity index (χ0n) is 28.6. The maximum Gasteiger partial charge on any atom is 0.138 e. The Morgan fingerprint density at radius 1 is 0.440 bits per heavy atom. The summed E-state index contributed by atoms with van der Waals surface area (Å²) in [7, 11) is 0. The first-order valence-corrected chi connectivity index (χ1v) is 17.2. The summed E-state index contributed by atoms with van der Waals surface area (Å²) >= 11 is 0. The third-order valence-corrected chi connectivity index (χ3v) is 10.3. The van der Waals surface area contributed by atoms with Crippen molar-refractivity contribution in [3.8, 4) is 50.3 Å². The van der Waals surface area contributed by atoms with Gasteiger partial charge in [-0.1, -0.05) is 159 Å². The number of aryl methyl sites for hydroxylation is 1. The molecule has 0 heterocycles. The number of rotatable bonds is 3. The molecule has 1 aliphatic carbocycles. The maximum atomic E-state index is 8.79. The van der Waals surface area contributed by atoms with Gasteiger partial charge in [-0.3, -0.25) is 0 Å². The molecule has 2 nitrogen and oxygen atoms in total. The lowest BCUT2D eigenvalue weighted by atomic mass is 9.79. The van der Waals surface area contributed by atoms with Gasteiger partial charge in [-0.2, -0.15) is 0 Å². The molecule has 8 aromatic carbocycles. The van der Waals surface area contributed by atoms with Crippen LogP contribution in [0.25, 0.3) is 66.1 Å². The number of benzene rings is 8. The molecule has 0 amide bonds. The van der Waals surface area contributed by atoms with Crippen molar-refractivity contribution in [1.82, 2.24) is 0 Å². The van der Waals surface area contributed by atoms with Crippen LogP contribution >= 0.6 is 0 Å². The van der Waals surface area contributed by atoms with Gasteiger partial charge in [0.05, 0.1) is 5.69 Å². The standard InChI is InChI=1S/C42H32.C6H7NO/c1-27-21-23-29(24-22-27)40-33-18-9-10-19-34(33)41(32-17-8-7-15-30(32)28-13-5-4-6-14-28)37-26-39-35(25-36(37)40)31-16-11-12-20-38(31)42(39,2)3;7-5-3-1-2-4-6(5)8/h4-26H,1-3H3;1-4,8H,7H2. The molecule has 0 saturated carbocycles. The minimum Gasteiger partial charge on any atom is -0.506 e. The topological polar surface area (TPSA) is 46.2 Å². The fourth-order valence-corrected chi connectivity index (χ4v) is 7.75. The van der Waals surface area contributed by atoms with E-state index in [4.69, 9.17) is 10.8 Å². The molecule has 3 N–H and O–H groups in total. The van der Waals surface area contributed by atoms with Crippen LogP contribution in [-0.2, 0) is 5.41 Å². The summed E-state index contributed by atoms with van der Waals surface area (Å²) in [6.45, 7) is 6.92. The zero-order valence-corrected chi connectivity index (χ0v) is 28.6. The highest BCUT2D eigenvalue weighted by atomic mass is 16.3. The number of aromatic hydroxyl groups is 1. The molecule has 0 bridgehead atoms. The van der Waals surface area contributed by atoms with E-state index in [1.54, 1.807) is 24.3 Å². The number of nitrogen functional groups attached to an aromatic ring is 1. The van der Waals surface area contributed by atoms with Crippen molar-refractivity contribution in [2.45, 2.75) is 26.2 Å². The van der Waals surface area contributed by atoms with E-state index in [9.17, 15) is 0 Å². The average molecular weight is 646 g/mol. The molecule has 0 atom stereocenters. The number of fused-ring (bicyclic) bond motifs is 5. The van der Waals surface area contributed by atoms with Gasteiger partial charge in [-0.25, -0.2) is 0 Å². The van der Waals surface area contributed by atoms with E-state index in [0.717, 1.165) is 0 Å². The van der Waals surface area contributed by atoms with Crippen LogP contribution in [0.4, 0.5) is 5.69 Å². The van der Waals surface area contributed by atoms with Crippen molar-refractivity contribution in [3.05, 3.63) is 180 Å². The van der Waals surface area contributed by atoms with Crippen molar-refractivity contribution in [1.29, 1.82) is 0 Å². The van der Waals surface area contributed by atoms with Crippen LogP contribution < -0.4 is 5.73 Å². The zero-order chi connectivity index (χ0) is 34.4. The van der Waals surface area contributed by atoms with Gasteiger partial charge in [-0.05, 0) is 108 Å². The third kappa shape index (κ3) is 5.21. The number of anilines is 1. The van der Waals surface area contributed by atoms with Gasteiger partial charge in [0.15, 0.2) is 0 Å². The molecule has 8 aromatic rings. The molecular weight excluding hydrogens is 607 g/mol. The minimum absolute atomic E-state index is 0.0774. The molecule has 9 rings (SSSR count). The van der Waals surface area contributed by atoms with Crippen LogP contribution in [-0.4, -0.2) is 5.11 Å². The maximum absolute atomic E-state index is 8.79. The highest BCUT2D eigenvalue weighted by Gasteiger charge is 2.36. The Labute approximate surface area is 294 Å². The third-order valence-electron chi connectivity index (χ3n) is 10.3. The van der Waals surface area contributed by atoms with E-state index < -0.39 is 0 Å². The smallest absolute Gasteiger partial charge is 0.138 e. The molecule has 2 heteroatoms. The summed E-state index contributed by atoms with van der Waals surface area (Å²) in [6, 6.07) is 58.5. The molecule has 0 spiro atoms. The molecule has 0 unspecified atom stereocenters. The van der Waals surface area contributed by atoms with Gasteiger partial charge in [0, 0.05) is 5.41 Å². The number of hydrogen-bond donors (Lipinski definition) is 2. The Bertz CT molecular complexity index is 2510. The molecule has 242 valence electrons. The predicted octanol–water partition coefficient (Wildman–Crippen LogP) is 12.6. The second kappa shape index (κ2) is 12.4. The van der Waals surface area contributed by atoms with Crippen LogP contribution in [0.15, 0.2) is 164 Å². The lowest BCUT2D eigenvalue weighted by Gasteiger charge is -2.24. The van der Waals surface area contributed by atoms with Gasteiger partial charge in [0.2, 0.25) is 0 Å². The van der Waals surface area contributed by atoms with Crippen molar-refractivity contribution < 1.29 is 5.11 Å². The number of hydrogen-bond acceptors (Lipinski definition) is 2. The lowest BCUT2D eigenvalue weighted by molar-refractivity contribution is 0.478. The Morgan fingerprint density at radius 3 is 1.68 bits per heavy atom. The van der Waals surface area contributed by atoms with Crippen LogP contribution in [0.1, 0.15) is 30.5 Å². The Morgan fingerprint density at radius 2 is 1.00 bits per heavy atom. The van der Waals surface area contributed by atoms with Gasteiger partial charge in [0.25, 0.3) is 0 Å². The number of phenolic OH excluding ortho intramolecular Hbond substituents is 1. The fraction of sp³-hybridized carbons (Fsp3) is 0.0833. The first kappa shape index (κ1) is 31.2. The second-order valence-corrected chi connectivity index (χ2v) is 13.7. The number of phenols is 1. The summed E-state index contributed by atoms with van der Waals surface area (Å²) < 4.78 is 0. The monoisotopic (exact) mass is 645 g/mol. The summed E-state index contributed by atoms with van der Waals surface area (Å²) in [5.74, 6) is 0.146. The molecule has 0 saturated heterocycles. The number of para-hydroxylation sites is 2. The van der Waals surface area contributed by atoms with E-state index in [1.165, 1.54) is 82.7 Å². The molecular formula is C48H39NO. The second-order valence-electron chi connectivity index (χ2n) is 13.7. The SMILES string of the molecule is Cc1ccc(-c2c3ccccc3c(-c3ccccc3-c3ccccc3)c3cc4c(cc23)-c2ccccc2C4(C)C)cc1.Nc1ccccc1O. The van der Waals surface area contributed by atoms with Crippen molar-refractivity contribution in [3.63, 3.8) is 0 Å². The van der Waals surface area contributed by atoms with Crippen molar-refractivity contribution in [2.75, 3.05) is 5.73 Å².